The van der Waals surface area contributed by atoms with Crippen molar-refractivity contribution in [3.63, 3.8) is 0 Å². The highest BCUT2D eigenvalue weighted by Crippen LogP contribution is 2.24. The first kappa shape index (κ1) is 14.5. The van der Waals surface area contributed by atoms with Crippen LogP contribution >= 0.6 is 0 Å². The summed E-state index contributed by atoms with van der Waals surface area (Å²) in [5.41, 5.74) is 0.986. The molecule has 0 amide bonds. The van der Waals surface area contributed by atoms with Crippen LogP contribution in [0.4, 0.5) is 0 Å². The van der Waals surface area contributed by atoms with Crippen LogP contribution in [0.25, 0.3) is 0 Å². The fourth-order valence-electron chi connectivity index (χ4n) is 2.87. The molecule has 1 aromatic carbocycles. The molecule has 3 heteroatoms. The molecule has 0 aromatic heterocycles. The zero-order valence-corrected chi connectivity index (χ0v) is 11.9. The largest absolute Gasteiger partial charge is 0.393 e. The summed E-state index contributed by atoms with van der Waals surface area (Å²) in [6.45, 7) is 6.92. The van der Waals surface area contributed by atoms with Crippen molar-refractivity contribution < 1.29 is 10.2 Å². The molecule has 0 saturated carbocycles. The quantitative estimate of drug-likeness (QED) is 0.874. The van der Waals surface area contributed by atoms with Gasteiger partial charge in [-0.1, -0.05) is 44.2 Å². The Labute approximate surface area is 115 Å². The Morgan fingerprint density at radius 1 is 1.32 bits per heavy atom. The lowest BCUT2D eigenvalue weighted by Crippen LogP contribution is -2.44. The number of aliphatic hydroxyl groups excluding tert-OH is 2. The van der Waals surface area contributed by atoms with Crippen LogP contribution in [0.3, 0.4) is 0 Å². The van der Waals surface area contributed by atoms with E-state index in [9.17, 15) is 10.2 Å². The van der Waals surface area contributed by atoms with Gasteiger partial charge in [0, 0.05) is 19.6 Å². The third-order valence-electron chi connectivity index (χ3n) is 4.17. The molecule has 0 bridgehead atoms. The molecule has 1 saturated heterocycles. The molecule has 1 fully saturated rings. The summed E-state index contributed by atoms with van der Waals surface area (Å²) < 4.78 is 0. The first-order valence-electron chi connectivity index (χ1n) is 7.21. The summed E-state index contributed by atoms with van der Waals surface area (Å²) in [5.74, 6) is 0.527. The molecule has 0 radical (unpaired) electrons. The Balaban J connectivity index is 1.89. The highest BCUT2D eigenvalue weighted by Gasteiger charge is 2.26. The van der Waals surface area contributed by atoms with E-state index in [2.05, 4.69) is 18.7 Å². The highest BCUT2D eigenvalue weighted by molar-refractivity contribution is 5.17. The molecule has 0 spiro atoms. The van der Waals surface area contributed by atoms with Crippen LogP contribution in [-0.4, -0.2) is 40.9 Å². The van der Waals surface area contributed by atoms with E-state index in [4.69, 9.17) is 0 Å². The Kier molecular flexibility index (Phi) is 4.97. The number of rotatable bonds is 4. The van der Waals surface area contributed by atoms with Crippen LogP contribution in [0.15, 0.2) is 30.3 Å². The number of aliphatic hydroxyl groups is 2. The third kappa shape index (κ3) is 3.78. The van der Waals surface area contributed by atoms with Crippen molar-refractivity contribution in [3.05, 3.63) is 35.9 Å². The summed E-state index contributed by atoms with van der Waals surface area (Å²) in [6, 6.07) is 9.84. The highest BCUT2D eigenvalue weighted by atomic mass is 16.3. The van der Waals surface area contributed by atoms with Gasteiger partial charge in [0.1, 0.15) is 0 Å². The maximum atomic E-state index is 10.4. The topological polar surface area (TPSA) is 43.7 Å². The van der Waals surface area contributed by atoms with Gasteiger partial charge in [-0.05, 0) is 23.8 Å². The van der Waals surface area contributed by atoms with E-state index in [1.165, 1.54) is 0 Å². The number of piperidine rings is 1. The monoisotopic (exact) mass is 263 g/mol. The van der Waals surface area contributed by atoms with Gasteiger partial charge in [0.05, 0.1) is 12.2 Å². The average Bonchev–Trinajstić information content (AvgIpc) is 2.43. The van der Waals surface area contributed by atoms with Crippen LogP contribution in [0.2, 0.25) is 0 Å². The normalized spacial score (nSPS) is 28.0. The zero-order valence-electron chi connectivity index (χ0n) is 11.9. The number of hydrogen-bond acceptors (Lipinski definition) is 3. The minimum absolute atomic E-state index is 0.161. The Hall–Kier alpha value is -0.900. The number of likely N-dealkylation sites (tertiary alicyclic amines) is 1. The van der Waals surface area contributed by atoms with Crippen LogP contribution in [0, 0.1) is 11.8 Å². The predicted molar refractivity (Wildman–Crippen MR) is 76.8 cm³/mol. The lowest BCUT2D eigenvalue weighted by atomic mass is 9.93. The standard InChI is InChI=1S/C16H25NO2/c1-12-10-17(9-8-15(12)18)11-13(2)16(19)14-6-4-3-5-7-14/h3-7,12-13,15-16,18-19H,8-11H2,1-2H3. The van der Waals surface area contributed by atoms with Crippen LogP contribution in [0.5, 0.6) is 0 Å². The fourth-order valence-corrected chi connectivity index (χ4v) is 2.87. The number of hydrogen-bond donors (Lipinski definition) is 2. The van der Waals surface area contributed by atoms with Gasteiger partial charge >= 0.3 is 0 Å². The SMILES string of the molecule is CC1CN(CC(C)C(O)c2ccccc2)CCC1O. The van der Waals surface area contributed by atoms with E-state index >= 15 is 0 Å². The first-order chi connectivity index (χ1) is 9.08. The molecule has 0 aliphatic carbocycles. The number of benzene rings is 1. The van der Waals surface area contributed by atoms with Gasteiger partial charge in [-0.25, -0.2) is 0 Å². The van der Waals surface area contributed by atoms with Gasteiger partial charge in [0.2, 0.25) is 0 Å². The Morgan fingerprint density at radius 2 is 2.00 bits per heavy atom. The third-order valence-corrected chi connectivity index (χ3v) is 4.17. The van der Waals surface area contributed by atoms with Crippen molar-refractivity contribution in [2.45, 2.75) is 32.5 Å². The second kappa shape index (κ2) is 6.51. The molecule has 3 nitrogen and oxygen atoms in total. The smallest absolute Gasteiger partial charge is 0.0827 e. The molecule has 1 aliphatic heterocycles. The van der Waals surface area contributed by atoms with Crippen molar-refractivity contribution in [1.29, 1.82) is 0 Å². The second-order valence-corrected chi connectivity index (χ2v) is 5.93. The first-order valence-corrected chi connectivity index (χ1v) is 7.21. The van der Waals surface area contributed by atoms with Gasteiger partial charge < -0.3 is 15.1 Å². The molecule has 4 atom stereocenters. The van der Waals surface area contributed by atoms with E-state index < -0.39 is 6.10 Å². The van der Waals surface area contributed by atoms with Crippen molar-refractivity contribution in [1.82, 2.24) is 4.90 Å². The lowest BCUT2D eigenvalue weighted by Gasteiger charge is -2.36. The lowest BCUT2D eigenvalue weighted by molar-refractivity contribution is 0.0157. The molecule has 2 rings (SSSR count). The maximum Gasteiger partial charge on any atom is 0.0827 e. The fraction of sp³-hybridized carbons (Fsp3) is 0.625. The van der Waals surface area contributed by atoms with Gasteiger partial charge in [0.25, 0.3) is 0 Å². The Bertz CT molecular complexity index is 382. The summed E-state index contributed by atoms with van der Waals surface area (Å²) in [7, 11) is 0. The molecule has 19 heavy (non-hydrogen) atoms. The van der Waals surface area contributed by atoms with Gasteiger partial charge in [0.15, 0.2) is 0 Å². The molecular weight excluding hydrogens is 238 g/mol. The Morgan fingerprint density at radius 3 is 2.63 bits per heavy atom. The summed E-state index contributed by atoms with van der Waals surface area (Å²) in [4.78, 5) is 2.36. The van der Waals surface area contributed by atoms with E-state index in [0.717, 1.165) is 31.6 Å². The molecule has 106 valence electrons. The van der Waals surface area contributed by atoms with Gasteiger partial charge in [-0.2, -0.15) is 0 Å². The van der Waals surface area contributed by atoms with Crippen molar-refractivity contribution in [2.75, 3.05) is 19.6 Å². The number of nitrogens with zero attached hydrogens (tertiary/aromatic N) is 1. The summed E-state index contributed by atoms with van der Waals surface area (Å²) in [6.07, 6.45) is 0.268. The van der Waals surface area contributed by atoms with Crippen molar-refractivity contribution in [2.24, 2.45) is 11.8 Å². The van der Waals surface area contributed by atoms with E-state index in [0.29, 0.717) is 5.92 Å². The van der Waals surface area contributed by atoms with E-state index in [1.54, 1.807) is 0 Å². The molecule has 4 unspecified atom stereocenters. The van der Waals surface area contributed by atoms with Gasteiger partial charge in [-0.15, -0.1) is 0 Å². The molecule has 1 aliphatic rings. The summed E-state index contributed by atoms with van der Waals surface area (Å²) >= 11 is 0. The van der Waals surface area contributed by atoms with E-state index in [-0.39, 0.29) is 12.0 Å². The average molecular weight is 263 g/mol. The zero-order chi connectivity index (χ0) is 13.8. The van der Waals surface area contributed by atoms with Crippen LogP contribution in [-0.2, 0) is 0 Å². The summed E-state index contributed by atoms with van der Waals surface area (Å²) in [5, 5.41) is 20.1. The molecule has 2 N–H and O–H groups in total. The predicted octanol–water partition coefficient (Wildman–Crippen LogP) is 2.06. The van der Waals surface area contributed by atoms with Crippen LogP contribution < -0.4 is 0 Å². The van der Waals surface area contributed by atoms with Crippen molar-refractivity contribution >= 4 is 0 Å². The molecule has 1 aromatic rings. The van der Waals surface area contributed by atoms with Crippen molar-refractivity contribution in [3.8, 4) is 0 Å². The minimum Gasteiger partial charge on any atom is -0.393 e. The van der Waals surface area contributed by atoms with Gasteiger partial charge in [-0.3, -0.25) is 0 Å². The van der Waals surface area contributed by atoms with E-state index in [1.807, 2.05) is 30.3 Å². The molecular formula is C16H25NO2. The molecule has 1 heterocycles. The maximum absolute atomic E-state index is 10.4. The van der Waals surface area contributed by atoms with Crippen LogP contribution in [0.1, 0.15) is 31.9 Å². The second-order valence-electron chi connectivity index (χ2n) is 5.93. The minimum atomic E-state index is -0.414.